The maximum atomic E-state index is 12.3. The summed E-state index contributed by atoms with van der Waals surface area (Å²) in [5.41, 5.74) is 7.07. The van der Waals surface area contributed by atoms with Crippen molar-refractivity contribution in [3.63, 3.8) is 0 Å². The molecule has 0 saturated carbocycles. The fourth-order valence-corrected chi connectivity index (χ4v) is 1.65. The number of aromatic nitrogens is 2. The average molecular weight is 263 g/mol. The number of carbonyl (C=O) groups excluding carboxylic acids is 1. The van der Waals surface area contributed by atoms with Crippen molar-refractivity contribution in [3.8, 4) is 0 Å². The van der Waals surface area contributed by atoms with Crippen LogP contribution in [0.2, 0.25) is 5.15 Å². The Hall–Kier alpha value is -2.14. The highest BCUT2D eigenvalue weighted by Crippen LogP contribution is 2.19. The molecule has 0 aliphatic rings. The molecule has 2 heterocycles. The molecule has 0 atom stereocenters. The lowest BCUT2D eigenvalue weighted by Crippen LogP contribution is -2.27. The number of hydrogen-bond donors (Lipinski definition) is 1. The Morgan fingerprint density at radius 3 is 2.72 bits per heavy atom. The topological polar surface area (TPSA) is 72.1 Å². The summed E-state index contributed by atoms with van der Waals surface area (Å²) in [5, 5.41) is 0.232. The van der Waals surface area contributed by atoms with Gasteiger partial charge in [0.1, 0.15) is 5.15 Å². The van der Waals surface area contributed by atoms with Crippen molar-refractivity contribution in [2.75, 3.05) is 17.7 Å². The summed E-state index contributed by atoms with van der Waals surface area (Å²) in [5.74, 6) is -0.247. The van der Waals surface area contributed by atoms with Crippen LogP contribution in [0.25, 0.3) is 0 Å². The number of pyridine rings is 2. The molecular weight excluding hydrogens is 252 g/mol. The van der Waals surface area contributed by atoms with E-state index in [2.05, 4.69) is 9.97 Å². The molecule has 1 amide bonds. The van der Waals surface area contributed by atoms with Crippen LogP contribution in [0.1, 0.15) is 10.4 Å². The first-order chi connectivity index (χ1) is 8.59. The molecule has 0 fully saturated rings. The number of hydrogen-bond acceptors (Lipinski definition) is 4. The summed E-state index contributed by atoms with van der Waals surface area (Å²) in [6, 6.07) is 4.92. The van der Waals surface area contributed by atoms with Crippen molar-refractivity contribution in [3.05, 3.63) is 47.5 Å². The van der Waals surface area contributed by atoms with Crippen LogP contribution in [0.5, 0.6) is 0 Å². The smallest absolute Gasteiger partial charge is 0.260 e. The lowest BCUT2D eigenvalue weighted by molar-refractivity contribution is 0.0994. The molecule has 2 N–H and O–H groups in total. The van der Waals surface area contributed by atoms with Crippen LogP contribution in [-0.4, -0.2) is 22.9 Å². The van der Waals surface area contributed by atoms with E-state index >= 15 is 0 Å². The molecule has 2 aromatic rings. The summed E-state index contributed by atoms with van der Waals surface area (Å²) in [6.07, 6.45) is 4.60. The van der Waals surface area contributed by atoms with Crippen LogP contribution >= 0.6 is 11.6 Å². The quantitative estimate of drug-likeness (QED) is 0.840. The van der Waals surface area contributed by atoms with Crippen LogP contribution in [0.3, 0.4) is 0 Å². The molecule has 6 heteroatoms. The van der Waals surface area contributed by atoms with Gasteiger partial charge in [0.15, 0.2) is 0 Å². The van der Waals surface area contributed by atoms with Crippen molar-refractivity contribution in [2.24, 2.45) is 0 Å². The van der Waals surface area contributed by atoms with Gasteiger partial charge in [0.05, 0.1) is 17.4 Å². The summed E-state index contributed by atoms with van der Waals surface area (Å²) in [7, 11) is 1.66. The van der Waals surface area contributed by atoms with E-state index in [0.717, 1.165) is 5.69 Å². The Bertz CT molecular complexity index is 574. The highest BCUT2D eigenvalue weighted by Gasteiger charge is 2.16. The van der Waals surface area contributed by atoms with Crippen molar-refractivity contribution < 1.29 is 4.79 Å². The molecule has 0 aliphatic carbocycles. The zero-order chi connectivity index (χ0) is 13.1. The first-order valence-corrected chi connectivity index (χ1v) is 5.56. The highest BCUT2D eigenvalue weighted by molar-refractivity contribution is 6.30. The average Bonchev–Trinajstić information content (AvgIpc) is 2.41. The van der Waals surface area contributed by atoms with Gasteiger partial charge in [-0.15, -0.1) is 0 Å². The number of amides is 1. The monoisotopic (exact) mass is 262 g/mol. The van der Waals surface area contributed by atoms with Gasteiger partial charge >= 0.3 is 0 Å². The van der Waals surface area contributed by atoms with Gasteiger partial charge in [-0.25, -0.2) is 4.98 Å². The third kappa shape index (κ3) is 2.41. The maximum absolute atomic E-state index is 12.3. The van der Waals surface area contributed by atoms with Gasteiger partial charge in [-0.1, -0.05) is 11.6 Å². The molecule has 0 spiro atoms. The molecular formula is C12H11ClN4O. The summed E-state index contributed by atoms with van der Waals surface area (Å²) in [4.78, 5) is 21.4. The fraction of sp³-hybridized carbons (Fsp3) is 0.0833. The fourth-order valence-electron chi connectivity index (χ4n) is 1.49. The molecule has 18 heavy (non-hydrogen) atoms. The molecule has 92 valence electrons. The second kappa shape index (κ2) is 5.01. The Labute approximate surface area is 109 Å². The number of carbonyl (C=O) groups is 1. The van der Waals surface area contributed by atoms with Gasteiger partial charge < -0.3 is 10.6 Å². The Morgan fingerprint density at radius 1 is 1.39 bits per heavy atom. The van der Waals surface area contributed by atoms with Crippen molar-refractivity contribution >= 4 is 28.9 Å². The molecule has 0 unspecified atom stereocenters. The number of halogens is 1. The third-order valence-electron chi connectivity index (χ3n) is 2.49. The molecule has 5 nitrogen and oxygen atoms in total. The zero-order valence-electron chi connectivity index (χ0n) is 9.67. The summed E-state index contributed by atoms with van der Waals surface area (Å²) in [6.45, 7) is 0. The van der Waals surface area contributed by atoms with Gasteiger partial charge in [0, 0.05) is 25.1 Å². The summed E-state index contributed by atoms with van der Waals surface area (Å²) < 4.78 is 0. The van der Waals surface area contributed by atoms with Crippen LogP contribution in [0.15, 0.2) is 36.8 Å². The molecule has 0 aromatic carbocycles. The van der Waals surface area contributed by atoms with E-state index < -0.39 is 0 Å². The zero-order valence-corrected chi connectivity index (χ0v) is 10.4. The largest absolute Gasteiger partial charge is 0.397 e. The second-order valence-electron chi connectivity index (χ2n) is 3.66. The highest BCUT2D eigenvalue weighted by atomic mass is 35.5. The molecule has 0 bridgehead atoms. The predicted octanol–water partition coefficient (Wildman–Crippen LogP) is 1.99. The van der Waals surface area contributed by atoms with Gasteiger partial charge in [-0.3, -0.25) is 9.78 Å². The summed E-state index contributed by atoms with van der Waals surface area (Å²) >= 11 is 5.76. The Morgan fingerprint density at radius 2 is 2.06 bits per heavy atom. The van der Waals surface area contributed by atoms with E-state index in [1.165, 1.54) is 17.2 Å². The predicted molar refractivity (Wildman–Crippen MR) is 70.6 cm³/mol. The first kappa shape index (κ1) is 12.3. The van der Waals surface area contributed by atoms with Crippen molar-refractivity contribution in [1.82, 2.24) is 9.97 Å². The van der Waals surface area contributed by atoms with E-state index in [9.17, 15) is 4.79 Å². The maximum Gasteiger partial charge on any atom is 0.260 e. The lowest BCUT2D eigenvalue weighted by atomic mass is 10.2. The van der Waals surface area contributed by atoms with E-state index in [0.29, 0.717) is 11.3 Å². The third-order valence-corrected chi connectivity index (χ3v) is 2.69. The van der Waals surface area contributed by atoms with Gasteiger partial charge in [-0.05, 0) is 18.2 Å². The molecule has 0 aliphatic heterocycles. The van der Waals surface area contributed by atoms with Crippen molar-refractivity contribution in [2.45, 2.75) is 0 Å². The minimum Gasteiger partial charge on any atom is -0.397 e. The molecule has 0 radical (unpaired) electrons. The SMILES string of the molecule is CN(C(=O)c1cc(Cl)ncc1N)c1ccncc1. The molecule has 2 aromatic heterocycles. The number of nitrogen functional groups attached to an aromatic ring is 1. The minimum absolute atomic E-state index is 0.232. The van der Waals surface area contributed by atoms with Gasteiger partial charge in [0.25, 0.3) is 5.91 Å². The van der Waals surface area contributed by atoms with Gasteiger partial charge in [-0.2, -0.15) is 0 Å². The number of anilines is 2. The molecule has 2 rings (SSSR count). The van der Waals surface area contributed by atoms with Crippen molar-refractivity contribution in [1.29, 1.82) is 0 Å². The second-order valence-corrected chi connectivity index (χ2v) is 4.05. The van der Waals surface area contributed by atoms with E-state index in [-0.39, 0.29) is 11.1 Å². The Kier molecular flexibility index (Phi) is 3.43. The first-order valence-electron chi connectivity index (χ1n) is 5.18. The Balaban J connectivity index is 2.34. The number of rotatable bonds is 2. The minimum atomic E-state index is -0.247. The van der Waals surface area contributed by atoms with E-state index in [4.69, 9.17) is 17.3 Å². The normalized spacial score (nSPS) is 10.1. The van der Waals surface area contributed by atoms with Crippen LogP contribution in [-0.2, 0) is 0 Å². The van der Waals surface area contributed by atoms with Crippen LogP contribution in [0.4, 0.5) is 11.4 Å². The van der Waals surface area contributed by atoms with Gasteiger partial charge in [0.2, 0.25) is 0 Å². The van der Waals surface area contributed by atoms with Crippen LogP contribution < -0.4 is 10.6 Å². The van der Waals surface area contributed by atoms with Crippen LogP contribution in [0, 0.1) is 0 Å². The number of nitrogens with zero attached hydrogens (tertiary/aromatic N) is 3. The number of nitrogens with two attached hydrogens (primary N) is 1. The lowest BCUT2D eigenvalue weighted by Gasteiger charge is -2.17. The van der Waals surface area contributed by atoms with E-state index in [1.807, 2.05) is 0 Å². The molecule has 0 saturated heterocycles. The standard InChI is InChI=1S/C12H11ClN4O/c1-17(8-2-4-15-5-3-8)12(18)9-6-11(13)16-7-10(9)14/h2-7H,14H2,1H3. The van der Waals surface area contributed by atoms with E-state index in [1.54, 1.807) is 31.6 Å².